The largest absolute Gasteiger partial charge is 0.444 e. The number of carbonyl (C=O) groups excluding carboxylic acids is 1. The molecule has 7 nitrogen and oxygen atoms in total. The van der Waals surface area contributed by atoms with Gasteiger partial charge >= 0.3 is 6.09 Å². The van der Waals surface area contributed by atoms with Crippen molar-refractivity contribution in [2.45, 2.75) is 45.8 Å². The van der Waals surface area contributed by atoms with Crippen LogP contribution in [0.15, 0.2) is 6.20 Å². The molecule has 7 heteroatoms. The lowest BCUT2D eigenvalue weighted by molar-refractivity contribution is 0.0103. The highest BCUT2D eigenvalue weighted by Gasteiger charge is 2.26. The molecule has 1 aliphatic rings. The van der Waals surface area contributed by atoms with Crippen LogP contribution in [0.3, 0.4) is 0 Å². The van der Waals surface area contributed by atoms with Crippen LogP contribution in [0.5, 0.6) is 0 Å². The summed E-state index contributed by atoms with van der Waals surface area (Å²) in [6.07, 6.45) is 3.39. The number of hydrogen-bond acceptors (Lipinski definition) is 5. The predicted octanol–water partition coefficient (Wildman–Crippen LogP) is 1.97. The van der Waals surface area contributed by atoms with Crippen LogP contribution >= 0.6 is 0 Å². The van der Waals surface area contributed by atoms with E-state index in [1.54, 1.807) is 11.1 Å². The number of hydrogen-bond donors (Lipinski definition) is 1. The van der Waals surface area contributed by atoms with E-state index in [0.29, 0.717) is 19.1 Å². The first kappa shape index (κ1) is 15.8. The van der Waals surface area contributed by atoms with Gasteiger partial charge in [-0.25, -0.2) is 4.79 Å². The van der Waals surface area contributed by atoms with E-state index in [0.717, 1.165) is 31.6 Å². The molecule has 0 spiro atoms. The number of piperidine rings is 1. The number of nitrogens with one attached hydrogen (secondary N) is 1. The number of rotatable bonds is 4. The minimum Gasteiger partial charge on any atom is -0.444 e. The molecule has 0 bridgehead atoms. The summed E-state index contributed by atoms with van der Waals surface area (Å²) in [5.41, 5.74) is 0.371. The fourth-order valence-electron chi connectivity index (χ4n) is 2.23. The Bertz CT molecular complexity index is 434. The summed E-state index contributed by atoms with van der Waals surface area (Å²) in [5.74, 6) is 0.482. The van der Waals surface area contributed by atoms with E-state index in [-0.39, 0.29) is 6.09 Å². The third-order valence-electron chi connectivity index (χ3n) is 3.34. The van der Waals surface area contributed by atoms with Gasteiger partial charge in [0.15, 0.2) is 0 Å². The fourth-order valence-corrected chi connectivity index (χ4v) is 2.23. The highest BCUT2D eigenvalue weighted by atomic mass is 16.6. The molecule has 1 aliphatic heterocycles. The minimum atomic E-state index is -0.436. The fraction of sp³-hybridized carbons (Fsp3) is 0.786. The van der Waals surface area contributed by atoms with E-state index in [1.165, 1.54) is 0 Å². The molecule has 1 aromatic rings. The first-order valence-corrected chi connectivity index (χ1v) is 7.35. The zero-order valence-electron chi connectivity index (χ0n) is 13.0. The molecule has 1 aromatic heterocycles. The summed E-state index contributed by atoms with van der Waals surface area (Å²) in [5, 5.41) is 10.2. The lowest BCUT2D eigenvalue weighted by Gasteiger charge is -2.33. The van der Waals surface area contributed by atoms with Crippen LogP contribution in [-0.4, -0.2) is 51.7 Å². The van der Waals surface area contributed by atoms with Crippen molar-refractivity contribution in [1.29, 1.82) is 0 Å². The van der Waals surface area contributed by atoms with Crippen molar-refractivity contribution in [3.63, 3.8) is 0 Å². The van der Waals surface area contributed by atoms with E-state index in [1.807, 2.05) is 20.8 Å². The quantitative estimate of drug-likeness (QED) is 0.918. The molecule has 1 fully saturated rings. The molecule has 0 aliphatic carbocycles. The highest BCUT2D eigenvalue weighted by molar-refractivity contribution is 5.68. The number of H-pyrrole nitrogens is 1. The zero-order chi connectivity index (χ0) is 15.3. The maximum absolute atomic E-state index is 11.9. The number of nitrogens with zero attached hydrogens (tertiary/aromatic N) is 3. The minimum absolute atomic E-state index is 0.218. The van der Waals surface area contributed by atoms with Crippen LogP contribution in [0.4, 0.5) is 4.79 Å². The predicted molar refractivity (Wildman–Crippen MR) is 76.6 cm³/mol. The lowest BCUT2D eigenvalue weighted by Crippen LogP contribution is -2.42. The number of aromatic nitrogens is 3. The summed E-state index contributed by atoms with van der Waals surface area (Å²) < 4.78 is 11.0. The van der Waals surface area contributed by atoms with Gasteiger partial charge in [-0.1, -0.05) is 5.21 Å². The van der Waals surface area contributed by atoms with Gasteiger partial charge in [-0.15, -0.1) is 5.10 Å². The Balaban J connectivity index is 1.65. The van der Waals surface area contributed by atoms with Gasteiger partial charge < -0.3 is 14.4 Å². The molecule has 0 saturated carbocycles. The van der Waals surface area contributed by atoms with Gasteiger partial charge in [-0.2, -0.15) is 0 Å². The van der Waals surface area contributed by atoms with Gasteiger partial charge in [0.05, 0.1) is 13.2 Å². The monoisotopic (exact) mass is 296 g/mol. The molecule has 118 valence electrons. The van der Waals surface area contributed by atoms with Gasteiger partial charge in [0, 0.05) is 19.3 Å². The number of aromatic amines is 1. The van der Waals surface area contributed by atoms with Crippen LogP contribution in [0, 0.1) is 5.92 Å². The van der Waals surface area contributed by atoms with Crippen LogP contribution in [0.2, 0.25) is 0 Å². The standard InChI is InChI=1S/C14H24N4O3/c1-14(2,3)21-13(19)18-6-4-11(5-7-18)9-20-10-12-8-15-17-16-12/h8,11H,4-7,9-10H2,1-3H3,(H,15,16,17). The van der Waals surface area contributed by atoms with E-state index in [2.05, 4.69) is 15.4 Å². The Labute approximate surface area is 125 Å². The van der Waals surface area contributed by atoms with Crippen LogP contribution in [0.25, 0.3) is 0 Å². The molecule has 0 unspecified atom stereocenters. The topological polar surface area (TPSA) is 80.3 Å². The molecule has 21 heavy (non-hydrogen) atoms. The second-order valence-corrected chi connectivity index (χ2v) is 6.39. The molecule has 0 atom stereocenters. The summed E-state index contributed by atoms with van der Waals surface area (Å²) in [7, 11) is 0. The first-order chi connectivity index (χ1) is 9.94. The first-order valence-electron chi connectivity index (χ1n) is 7.35. The van der Waals surface area contributed by atoms with Crippen LogP contribution in [-0.2, 0) is 16.1 Å². The maximum atomic E-state index is 11.9. The molecule has 0 radical (unpaired) electrons. The van der Waals surface area contributed by atoms with Crippen molar-refractivity contribution in [1.82, 2.24) is 20.3 Å². The van der Waals surface area contributed by atoms with E-state index in [4.69, 9.17) is 9.47 Å². The second-order valence-electron chi connectivity index (χ2n) is 6.39. The van der Waals surface area contributed by atoms with E-state index >= 15 is 0 Å². The van der Waals surface area contributed by atoms with E-state index in [9.17, 15) is 4.79 Å². The molecule has 1 saturated heterocycles. The van der Waals surface area contributed by atoms with Crippen molar-refractivity contribution in [2.24, 2.45) is 5.92 Å². The highest BCUT2D eigenvalue weighted by Crippen LogP contribution is 2.20. The average molecular weight is 296 g/mol. The second kappa shape index (κ2) is 6.89. The number of likely N-dealkylation sites (tertiary alicyclic amines) is 1. The third kappa shape index (κ3) is 5.34. The van der Waals surface area contributed by atoms with Crippen molar-refractivity contribution in [3.8, 4) is 0 Å². The van der Waals surface area contributed by atoms with Gasteiger partial charge in [0.25, 0.3) is 0 Å². The summed E-state index contributed by atoms with van der Waals surface area (Å²) in [4.78, 5) is 13.7. The van der Waals surface area contributed by atoms with Gasteiger partial charge in [0.2, 0.25) is 0 Å². The van der Waals surface area contributed by atoms with Crippen molar-refractivity contribution < 1.29 is 14.3 Å². The molecule has 0 aromatic carbocycles. The Hall–Kier alpha value is -1.63. The Morgan fingerprint density at radius 2 is 2.14 bits per heavy atom. The zero-order valence-corrected chi connectivity index (χ0v) is 13.0. The van der Waals surface area contributed by atoms with Gasteiger partial charge in [0.1, 0.15) is 11.3 Å². The van der Waals surface area contributed by atoms with Gasteiger partial charge in [-0.05, 0) is 39.5 Å². The number of amides is 1. The Morgan fingerprint density at radius 1 is 1.43 bits per heavy atom. The lowest BCUT2D eigenvalue weighted by atomic mass is 9.98. The summed E-state index contributed by atoms with van der Waals surface area (Å²) >= 11 is 0. The third-order valence-corrected chi connectivity index (χ3v) is 3.34. The Kier molecular flexibility index (Phi) is 5.17. The van der Waals surface area contributed by atoms with Gasteiger partial charge in [-0.3, -0.25) is 5.10 Å². The summed E-state index contributed by atoms with van der Waals surface area (Å²) in [6, 6.07) is 0. The molecular weight excluding hydrogens is 272 g/mol. The SMILES string of the molecule is CC(C)(C)OC(=O)N1CCC(COCc2c[nH]nn2)CC1. The normalized spacial score (nSPS) is 17.0. The van der Waals surface area contributed by atoms with Crippen molar-refractivity contribution in [2.75, 3.05) is 19.7 Å². The molecule has 2 rings (SSSR count). The number of carbonyl (C=O) groups is 1. The molecule has 2 heterocycles. The van der Waals surface area contributed by atoms with Crippen LogP contribution < -0.4 is 0 Å². The van der Waals surface area contributed by atoms with Crippen molar-refractivity contribution in [3.05, 3.63) is 11.9 Å². The summed E-state index contributed by atoms with van der Waals surface area (Å²) in [6.45, 7) is 8.28. The number of ether oxygens (including phenoxy) is 2. The average Bonchev–Trinajstić information content (AvgIpc) is 2.91. The van der Waals surface area contributed by atoms with E-state index < -0.39 is 5.60 Å². The maximum Gasteiger partial charge on any atom is 0.410 e. The molecule has 1 N–H and O–H groups in total. The molecular formula is C14H24N4O3. The Morgan fingerprint density at radius 3 is 2.71 bits per heavy atom. The van der Waals surface area contributed by atoms with Crippen LogP contribution in [0.1, 0.15) is 39.3 Å². The smallest absolute Gasteiger partial charge is 0.410 e. The molecule has 1 amide bonds. The van der Waals surface area contributed by atoms with Crippen molar-refractivity contribution >= 4 is 6.09 Å².